The van der Waals surface area contributed by atoms with Crippen molar-refractivity contribution in [3.63, 3.8) is 0 Å². The van der Waals surface area contributed by atoms with Crippen molar-refractivity contribution in [3.05, 3.63) is 42.5 Å². The van der Waals surface area contributed by atoms with E-state index in [0.717, 1.165) is 16.8 Å². The Balaban J connectivity index is 2.40. The summed E-state index contributed by atoms with van der Waals surface area (Å²) in [5, 5.41) is 21.3. The standard InChI is InChI=1S/C14H16N2O2/c15-11-3-6-14(16-7-8-17)13(9-11)10-1-4-12(18)5-2-10/h1-6,9,16-18H,7-8,15H2. The van der Waals surface area contributed by atoms with Crippen LogP contribution in [0.1, 0.15) is 0 Å². The quantitative estimate of drug-likeness (QED) is 0.621. The monoisotopic (exact) mass is 244 g/mol. The molecule has 5 N–H and O–H groups in total. The normalized spacial score (nSPS) is 10.3. The Morgan fingerprint density at radius 3 is 2.44 bits per heavy atom. The molecule has 0 radical (unpaired) electrons. The topological polar surface area (TPSA) is 78.5 Å². The first-order valence-electron chi connectivity index (χ1n) is 5.74. The van der Waals surface area contributed by atoms with Crippen molar-refractivity contribution in [2.75, 3.05) is 24.2 Å². The van der Waals surface area contributed by atoms with Gasteiger partial charge >= 0.3 is 0 Å². The van der Waals surface area contributed by atoms with E-state index in [-0.39, 0.29) is 12.4 Å². The number of nitrogens with one attached hydrogen (secondary N) is 1. The summed E-state index contributed by atoms with van der Waals surface area (Å²) in [5.74, 6) is 0.229. The van der Waals surface area contributed by atoms with Crippen LogP contribution in [0.5, 0.6) is 5.75 Å². The van der Waals surface area contributed by atoms with Crippen LogP contribution in [-0.2, 0) is 0 Å². The van der Waals surface area contributed by atoms with Gasteiger partial charge < -0.3 is 21.3 Å². The summed E-state index contributed by atoms with van der Waals surface area (Å²) < 4.78 is 0. The minimum Gasteiger partial charge on any atom is -0.508 e. The first-order chi connectivity index (χ1) is 8.70. The molecule has 0 aromatic heterocycles. The third-order valence-corrected chi connectivity index (χ3v) is 2.65. The number of phenols is 1. The van der Waals surface area contributed by atoms with E-state index >= 15 is 0 Å². The molecule has 0 aliphatic carbocycles. The Morgan fingerprint density at radius 1 is 1.06 bits per heavy atom. The molecular formula is C14H16N2O2. The second-order valence-electron chi connectivity index (χ2n) is 4.00. The lowest BCUT2D eigenvalue weighted by molar-refractivity contribution is 0.311. The third kappa shape index (κ3) is 2.73. The largest absolute Gasteiger partial charge is 0.508 e. The Bertz CT molecular complexity index is 524. The van der Waals surface area contributed by atoms with Crippen LogP contribution in [0.25, 0.3) is 11.1 Å². The molecule has 94 valence electrons. The lowest BCUT2D eigenvalue weighted by Gasteiger charge is -2.12. The number of benzene rings is 2. The van der Waals surface area contributed by atoms with Gasteiger partial charge in [-0.3, -0.25) is 0 Å². The molecule has 2 aromatic rings. The molecule has 0 aliphatic heterocycles. The zero-order valence-corrected chi connectivity index (χ0v) is 9.93. The zero-order chi connectivity index (χ0) is 13.0. The number of phenolic OH excluding ortho intramolecular Hbond substituents is 1. The smallest absolute Gasteiger partial charge is 0.115 e. The van der Waals surface area contributed by atoms with Crippen LogP contribution in [0.15, 0.2) is 42.5 Å². The van der Waals surface area contributed by atoms with Crippen LogP contribution in [0, 0.1) is 0 Å². The lowest BCUT2D eigenvalue weighted by Crippen LogP contribution is -2.06. The number of aromatic hydroxyl groups is 1. The second-order valence-corrected chi connectivity index (χ2v) is 4.00. The van der Waals surface area contributed by atoms with Gasteiger partial charge in [0.15, 0.2) is 0 Å². The predicted molar refractivity (Wildman–Crippen MR) is 73.5 cm³/mol. The molecule has 0 bridgehead atoms. The fraction of sp³-hybridized carbons (Fsp3) is 0.143. The zero-order valence-electron chi connectivity index (χ0n) is 9.93. The fourth-order valence-corrected chi connectivity index (χ4v) is 1.79. The molecule has 0 heterocycles. The molecule has 0 saturated heterocycles. The summed E-state index contributed by atoms with van der Waals surface area (Å²) in [6.45, 7) is 0.550. The number of aliphatic hydroxyl groups is 1. The molecule has 4 heteroatoms. The number of aliphatic hydroxyl groups excluding tert-OH is 1. The van der Waals surface area contributed by atoms with Gasteiger partial charge in [-0.25, -0.2) is 0 Å². The number of nitrogen functional groups attached to an aromatic ring is 1. The highest BCUT2D eigenvalue weighted by Crippen LogP contribution is 2.30. The van der Waals surface area contributed by atoms with E-state index in [0.29, 0.717) is 12.2 Å². The second kappa shape index (κ2) is 5.42. The highest BCUT2D eigenvalue weighted by Gasteiger charge is 2.05. The first kappa shape index (κ1) is 12.3. The summed E-state index contributed by atoms with van der Waals surface area (Å²) in [6, 6.07) is 12.5. The molecule has 18 heavy (non-hydrogen) atoms. The van der Waals surface area contributed by atoms with Crippen LogP contribution in [0.4, 0.5) is 11.4 Å². The molecule has 0 unspecified atom stereocenters. The minimum atomic E-state index is 0.0688. The maximum Gasteiger partial charge on any atom is 0.115 e. The summed E-state index contributed by atoms with van der Waals surface area (Å²) in [5.41, 5.74) is 9.28. The van der Waals surface area contributed by atoms with Gasteiger partial charge in [-0.1, -0.05) is 12.1 Å². The lowest BCUT2D eigenvalue weighted by atomic mass is 10.0. The Kier molecular flexibility index (Phi) is 3.69. The van der Waals surface area contributed by atoms with Gasteiger partial charge in [0.2, 0.25) is 0 Å². The van der Waals surface area contributed by atoms with Crippen molar-refractivity contribution >= 4 is 11.4 Å². The van der Waals surface area contributed by atoms with Gasteiger partial charge in [0.05, 0.1) is 6.61 Å². The van der Waals surface area contributed by atoms with Gasteiger partial charge in [-0.15, -0.1) is 0 Å². The predicted octanol–water partition coefficient (Wildman–Crippen LogP) is 2.05. The number of hydrogen-bond acceptors (Lipinski definition) is 4. The van der Waals surface area contributed by atoms with Crippen molar-refractivity contribution < 1.29 is 10.2 Å². The molecule has 0 aliphatic rings. The first-order valence-corrected chi connectivity index (χ1v) is 5.74. The summed E-state index contributed by atoms with van der Waals surface area (Å²) in [6.07, 6.45) is 0. The van der Waals surface area contributed by atoms with Crippen LogP contribution in [0.2, 0.25) is 0 Å². The number of rotatable bonds is 4. The summed E-state index contributed by atoms with van der Waals surface area (Å²) >= 11 is 0. The average Bonchev–Trinajstić information content (AvgIpc) is 2.38. The summed E-state index contributed by atoms with van der Waals surface area (Å²) in [4.78, 5) is 0. The van der Waals surface area contributed by atoms with E-state index in [1.54, 1.807) is 12.1 Å². The molecule has 0 amide bonds. The molecule has 2 aromatic carbocycles. The molecule has 4 nitrogen and oxygen atoms in total. The van der Waals surface area contributed by atoms with Gasteiger partial charge in [-0.2, -0.15) is 0 Å². The van der Waals surface area contributed by atoms with Gasteiger partial charge in [-0.05, 0) is 35.9 Å². The van der Waals surface area contributed by atoms with Gasteiger partial charge in [0, 0.05) is 23.5 Å². The van der Waals surface area contributed by atoms with E-state index in [9.17, 15) is 5.11 Å². The molecule has 0 spiro atoms. The maximum absolute atomic E-state index is 9.30. The van der Waals surface area contributed by atoms with E-state index in [2.05, 4.69) is 5.32 Å². The van der Waals surface area contributed by atoms with Crippen LogP contribution in [-0.4, -0.2) is 23.4 Å². The highest BCUT2D eigenvalue weighted by molar-refractivity contribution is 5.80. The van der Waals surface area contributed by atoms with Crippen LogP contribution >= 0.6 is 0 Å². The highest BCUT2D eigenvalue weighted by atomic mass is 16.3. The van der Waals surface area contributed by atoms with Crippen molar-refractivity contribution in [2.24, 2.45) is 0 Å². The van der Waals surface area contributed by atoms with E-state index in [1.807, 2.05) is 30.3 Å². The van der Waals surface area contributed by atoms with Crippen molar-refractivity contribution in [3.8, 4) is 16.9 Å². The Hall–Kier alpha value is -2.20. The molecule has 0 fully saturated rings. The van der Waals surface area contributed by atoms with E-state index in [1.165, 1.54) is 0 Å². The average molecular weight is 244 g/mol. The fourth-order valence-electron chi connectivity index (χ4n) is 1.79. The van der Waals surface area contributed by atoms with E-state index < -0.39 is 0 Å². The number of nitrogens with two attached hydrogens (primary N) is 1. The molecule has 2 rings (SSSR count). The number of anilines is 2. The van der Waals surface area contributed by atoms with Crippen LogP contribution in [0.3, 0.4) is 0 Å². The number of hydrogen-bond donors (Lipinski definition) is 4. The van der Waals surface area contributed by atoms with Gasteiger partial charge in [0.1, 0.15) is 5.75 Å². The molecular weight excluding hydrogens is 228 g/mol. The van der Waals surface area contributed by atoms with E-state index in [4.69, 9.17) is 10.8 Å². The van der Waals surface area contributed by atoms with Crippen molar-refractivity contribution in [2.45, 2.75) is 0 Å². The Morgan fingerprint density at radius 2 is 1.78 bits per heavy atom. The molecule has 0 saturated carbocycles. The van der Waals surface area contributed by atoms with Gasteiger partial charge in [0.25, 0.3) is 0 Å². The maximum atomic E-state index is 9.30. The molecule has 0 atom stereocenters. The SMILES string of the molecule is Nc1ccc(NCCO)c(-c2ccc(O)cc2)c1. The minimum absolute atomic E-state index is 0.0688. The van der Waals surface area contributed by atoms with Crippen LogP contribution < -0.4 is 11.1 Å². The van der Waals surface area contributed by atoms with Crippen molar-refractivity contribution in [1.82, 2.24) is 0 Å². The summed E-state index contributed by atoms with van der Waals surface area (Å²) in [7, 11) is 0. The Labute approximate surface area is 106 Å². The third-order valence-electron chi connectivity index (χ3n) is 2.65. The van der Waals surface area contributed by atoms with Crippen molar-refractivity contribution in [1.29, 1.82) is 0 Å².